The molecule has 4 aromatic rings. The van der Waals surface area contributed by atoms with Crippen molar-refractivity contribution in [1.29, 1.82) is 0 Å². The molecule has 1 aliphatic heterocycles. The van der Waals surface area contributed by atoms with Crippen molar-refractivity contribution in [3.63, 3.8) is 0 Å². The number of carboxylic acid groups (broad SMARTS) is 1. The minimum atomic E-state index is -4.53. The Morgan fingerprint density at radius 3 is 2.28 bits per heavy atom. The first-order valence-electron chi connectivity index (χ1n) is 22.7. The van der Waals surface area contributed by atoms with E-state index in [2.05, 4.69) is 46.7 Å². The number of nitrogens with zero attached hydrogens (tertiary/aromatic N) is 3. The van der Waals surface area contributed by atoms with Gasteiger partial charge in [0.1, 0.15) is 54.0 Å². The number of hydrogen-bond acceptors (Lipinski definition) is 16. The molecule has 2 heterocycles. The average Bonchev–Trinajstić information content (AvgIpc) is 3.31. The van der Waals surface area contributed by atoms with Crippen molar-refractivity contribution >= 4 is 45.6 Å². The number of rotatable bonds is 19. The first-order chi connectivity index (χ1) is 33.4. The zero-order valence-corrected chi connectivity index (χ0v) is 41.1. The molecular weight excluding hydrogens is 943 g/mol. The van der Waals surface area contributed by atoms with Crippen LogP contribution in [0, 0.1) is 6.92 Å². The van der Waals surface area contributed by atoms with E-state index in [1.54, 1.807) is 6.07 Å². The Morgan fingerprint density at radius 2 is 1.68 bits per heavy atom. The number of phenols is 1. The third kappa shape index (κ3) is 13.7. The second-order valence-electron chi connectivity index (χ2n) is 17.7. The lowest BCUT2D eigenvalue weighted by molar-refractivity contribution is -0.143. The van der Waals surface area contributed by atoms with E-state index in [-0.39, 0.29) is 82.6 Å². The summed E-state index contributed by atoms with van der Waals surface area (Å²) in [6.45, 7) is 7.88. The topological polar surface area (TPSA) is 380 Å². The smallest absolute Gasteiger partial charge is 0.326 e. The number of fused-ring (bicyclic) bond motifs is 5. The molecule has 4 amide bonds. The largest absolute Gasteiger partial charge is 0.504 e. The number of aliphatic hydroxyl groups is 1. The van der Waals surface area contributed by atoms with Gasteiger partial charge in [-0.2, -0.15) is 13.1 Å². The summed E-state index contributed by atoms with van der Waals surface area (Å²) in [6, 6.07) is 8.05. The number of anilines is 1. The minimum absolute atomic E-state index is 0.0557. The quantitative estimate of drug-likeness (QED) is 0.0561. The number of aromatic hydroxyl groups is 1. The fraction of sp³-hybridized carbons (Fsp3) is 0.426. The van der Waals surface area contributed by atoms with Gasteiger partial charge in [-0.05, 0) is 79.6 Å². The first kappa shape index (κ1) is 55.0. The van der Waals surface area contributed by atoms with Crippen LogP contribution in [0.2, 0.25) is 0 Å². The maximum Gasteiger partial charge on any atom is 0.326 e. The highest BCUT2D eigenvalue weighted by Gasteiger charge is 2.38. The normalized spacial score (nSPS) is 17.2. The minimum Gasteiger partial charge on any atom is -0.504 e. The van der Waals surface area contributed by atoms with Gasteiger partial charge in [-0.3, -0.25) is 19.2 Å². The molecule has 0 radical (unpaired) electrons. The molecular formula is C47H63N11O12S. The molecule has 24 heteroatoms. The molecule has 3 aromatic carbocycles. The Morgan fingerprint density at radius 1 is 0.986 bits per heavy atom. The van der Waals surface area contributed by atoms with Gasteiger partial charge >= 0.3 is 5.97 Å². The Balaban J connectivity index is 1.65. The third-order valence-corrected chi connectivity index (χ3v) is 12.7. The van der Waals surface area contributed by atoms with Crippen molar-refractivity contribution in [2.24, 2.45) is 16.6 Å². The number of ether oxygens (including phenoxy) is 2. The highest BCUT2D eigenvalue weighted by molar-refractivity contribution is 7.87. The molecule has 384 valence electrons. The zero-order valence-electron chi connectivity index (χ0n) is 40.3. The number of aromatic nitrogens is 2. The molecule has 23 nitrogen and oxygen atoms in total. The Labute approximate surface area is 411 Å². The van der Waals surface area contributed by atoms with Crippen molar-refractivity contribution < 1.29 is 57.2 Å². The summed E-state index contributed by atoms with van der Waals surface area (Å²) in [5.74, 6) is -6.23. The summed E-state index contributed by atoms with van der Waals surface area (Å²) >= 11 is 0. The molecule has 0 fully saturated rings. The lowest BCUT2D eigenvalue weighted by atomic mass is 9.82. The molecule has 15 N–H and O–H groups in total. The van der Waals surface area contributed by atoms with E-state index in [1.165, 1.54) is 38.1 Å². The van der Waals surface area contributed by atoms with E-state index in [0.717, 1.165) is 23.9 Å². The van der Waals surface area contributed by atoms with E-state index >= 15 is 0 Å². The molecule has 0 saturated carbocycles. The number of carbonyl (C=O) groups is 5. The Hall–Kier alpha value is -6.96. The maximum absolute atomic E-state index is 14.9. The number of hydrogen-bond donors (Lipinski definition) is 11. The van der Waals surface area contributed by atoms with E-state index in [0.29, 0.717) is 17.5 Å². The van der Waals surface area contributed by atoms with Crippen LogP contribution in [0.1, 0.15) is 79.3 Å². The van der Waals surface area contributed by atoms with Crippen LogP contribution in [0.5, 0.6) is 17.2 Å². The van der Waals surface area contributed by atoms with Gasteiger partial charge in [0.15, 0.2) is 17.3 Å². The van der Waals surface area contributed by atoms with Gasteiger partial charge in [-0.25, -0.2) is 19.9 Å². The van der Waals surface area contributed by atoms with Crippen LogP contribution in [0.4, 0.5) is 5.82 Å². The monoisotopic (exact) mass is 1010 g/mol. The predicted octanol–water partition coefficient (Wildman–Crippen LogP) is 0.242. The number of carbonyl (C=O) groups excluding carboxylic acids is 4. The maximum atomic E-state index is 14.9. The zero-order chi connectivity index (χ0) is 52.5. The number of aryl methyl sites for hydroxylation is 1. The molecule has 1 aliphatic rings. The number of aliphatic hydroxyl groups excluding tert-OH is 1. The SMILES string of the molecule is CCC(C)(C)c1ccc(-c2nc(C)c(C(=O)N[C@@H](CNS(N)(=O)=O)C(=O)N(C)[C@@H]3C(=O)N[C@@H](C)C(=O)N[C@H](C(=O)O)Cc4ccc(OCCCN)c(c4)-c4cc3cc(OC[C@H](O)CN)c4O)c(N)n2)cc1. The van der Waals surface area contributed by atoms with Crippen LogP contribution in [-0.2, 0) is 41.2 Å². The molecule has 4 bridgehead atoms. The third-order valence-electron chi connectivity index (χ3n) is 12.1. The van der Waals surface area contributed by atoms with Crippen LogP contribution >= 0.6 is 0 Å². The van der Waals surface area contributed by atoms with Crippen molar-refractivity contribution in [2.75, 3.05) is 45.6 Å². The summed E-state index contributed by atoms with van der Waals surface area (Å²) in [6.07, 6.45) is -0.178. The number of nitrogens with one attached hydrogen (secondary N) is 4. The molecule has 0 saturated heterocycles. The molecule has 5 atom stereocenters. The molecule has 0 spiro atoms. The number of aliphatic carboxylic acids is 1. The summed E-state index contributed by atoms with van der Waals surface area (Å²) in [5, 5.41) is 45.1. The number of likely N-dealkylation sites (N-methyl/N-ethyl adjacent to an activating group) is 1. The van der Waals surface area contributed by atoms with E-state index in [9.17, 15) is 47.7 Å². The van der Waals surface area contributed by atoms with Crippen molar-refractivity contribution in [3.8, 4) is 39.8 Å². The molecule has 0 aliphatic carbocycles. The first-order valence-corrected chi connectivity index (χ1v) is 24.2. The Kier molecular flexibility index (Phi) is 18.0. The lowest BCUT2D eigenvalue weighted by Crippen LogP contribution is -2.57. The average molecular weight is 1010 g/mol. The van der Waals surface area contributed by atoms with Crippen molar-refractivity contribution in [1.82, 2.24) is 35.5 Å². The van der Waals surface area contributed by atoms with Crippen LogP contribution in [0.15, 0.2) is 54.6 Å². The van der Waals surface area contributed by atoms with Crippen LogP contribution in [-0.4, -0.2) is 132 Å². The predicted molar refractivity (Wildman–Crippen MR) is 262 cm³/mol. The van der Waals surface area contributed by atoms with Gasteiger partial charge in [0.05, 0.1) is 12.3 Å². The second-order valence-corrected chi connectivity index (χ2v) is 19.1. The Bertz CT molecular complexity index is 2720. The summed E-state index contributed by atoms with van der Waals surface area (Å²) in [7, 11) is -3.38. The van der Waals surface area contributed by atoms with Gasteiger partial charge in [-0.15, -0.1) is 0 Å². The second kappa shape index (κ2) is 23.3. The fourth-order valence-electron chi connectivity index (χ4n) is 7.59. The van der Waals surface area contributed by atoms with Gasteiger partial charge < -0.3 is 62.8 Å². The van der Waals surface area contributed by atoms with E-state index in [1.807, 2.05) is 29.0 Å². The molecule has 1 aromatic heterocycles. The molecule has 5 rings (SSSR count). The number of nitrogens with two attached hydrogens (primary N) is 4. The van der Waals surface area contributed by atoms with Crippen LogP contribution in [0.3, 0.4) is 0 Å². The van der Waals surface area contributed by atoms with Crippen LogP contribution in [0.25, 0.3) is 22.5 Å². The highest BCUT2D eigenvalue weighted by Crippen LogP contribution is 2.45. The van der Waals surface area contributed by atoms with Crippen molar-refractivity contribution in [2.45, 2.75) is 89.6 Å². The van der Waals surface area contributed by atoms with E-state index < -0.39 is 89.0 Å². The van der Waals surface area contributed by atoms with Gasteiger partial charge in [0, 0.05) is 43.2 Å². The standard InChI is InChI=1S/C47H63N11O12S/c1-7-47(4,5)29-12-10-27(11-13-29)41-53-24(2)37(40(50)57-41)43(62)56-34(22-52-71(51,67)68)45(64)58(6)38-28-19-32(39(60)36(20-28)70-23-30(59)21-49)31-17-26(9-14-35(31)69-16-8-15-48)18-33(46(65)66)55-42(61)25(3)54-44(38)63/h9-14,17,19-20,25,30,33-34,38,52,59-60H,7-8,15-16,18,21-23,48-49H2,1-6H3,(H,54,63)(H,55,61)(H,56,62)(H,65,66)(H2,50,53,57)(H2,51,67,68)/t25-,30+,33-,34-,38-/m0/s1. The number of benzene rings is 3. The van der Waals surface area contributed by atoms with Crippen molar-refractivity contribution in [3.05, 3.63) is 82.5 Å². The number of phenolic OH excluding ortho intramolecular Hbond substituents is 1. The van der Waals surface area contributed by atoms with Crippen LogP contribution < -0.4 is 52.5 Å². The van der Waals surface area contributed by atoms with Gasteiger partial charge in [0.2, 0.25) is 17.7 Å². The summed E-state index contributed by atoms with van der Waals surface area (Å²) in [4.78, 5) is 79.5. The number of amides is 4. The lowest BCUT2D eigenvalue weighted by Gasteiger charge is -2.33. The van der Waals surface area contributed by atoms with Gasteiger partial charge in [0.25, 0.3) is 16.1 Å². The fourth-order valence-corrected chi connectivity index (χ4v) is 7.98. The molecule has 71 heavy (non-hydrogen) atoms. The number of carboxylic acids is 1. The van der Waals surface area contributed by atoms with E-state index in [4.69, 9.17) is 31.8 Å². The molecule has 0 unspecified atom stereocenters. The summed E-state index contributed by atoms with van der Waals surface area (Å²) < 4.78 is 38.5. The van der Waals surface area contributed by atoms with Gasteiger partial charge in [-0.1, -0.05) is 51.1 Å². The highest BCUT2D eigenvalue weighted by atomic mass is 32.2. The number of nitrogen functional groups attached to an aromatic ring is 1. The summed E-state index contributed by atoms with van der Waals surface area (Å²) in [5.41, 5.74) is 19.6.